The zero-order valence-electron chi connectivity index (χ0n) is 14.0. The largest absolute Gasteiger partial charge is 0.326 e. The number of nitrogens with zero attached hydrogens (tertiary/aromatic N) is 1. The van der Waals surface area contributed by atoms with Crippen molar-refractivity contribution in [3.63, 3.8) is 0 Å². The molecule has 1 aromatic carbocycles. The summed E-state index contributed by atoms with van der Waals surface area (Å²) < 4.78 is 0. The van der Waals surface area contributed by atoms with Crippen molar-refractivity contribution in [1.82, 2.24) is 4.90 Å². The van der Waals surface area contributed by atoms with Gasteiger partial charge in [0.25, 0.3) is 0 Å². The molecule has 0 unspecified atom stereocenters. The van der Waals surface area contributed by atoms with Gasteiger partial charge in [0.2, 0.25) is 0 Å². The Balaban J connectivity index is 2.69. The molecule has 0 spiro atoms. The summed E-state index contributed by atoms with van der Waals surface area (Å²) in [5.41, 5.74) is 7.97. The highest BCUT2D eigenvalue weighted by Crippen LogP contribution is 2.20. The van der Waals surface area contributed by atoms with Crippen molar-refractivity contribution in [3.05, 3.63) is 34.3 Å². The minimum absolute atomic E-state index is 0.546. The molecule has 0 amide bonds. The van der Waals surface area contributed by atoms with E-state index in [2.05, 4.69) is 44.7 Å². The van der Waals surface area contributed by atoms with Gasteiger partial charge in [-0.15, -0.1) is 0 Å². The lowest BCUT2D eigenvalue weighted by atomic mass is 10.1. The maximum absolute atomic E-state index is 6.40. The van der Waals surface area contributed by atoms with Crippen LogP contribution in [0.15, 0.2) is 18.2 Å². The van der Waals surface area contributed by atoms with Crippen LogP contribution < -0.4 is 5.73 Å². The lowest BCUT2D eigenvalue weighted by molar-refractivity contribution is 0.236. The van der Waals surface area contributed by atoms with Crippen LogP contribution in [0.5, 0.6) is 0 Å². The molecule has 0 saturated heterocycles. The highest BCUT2D eigenvalue weighted by molar-refractivity contribution is 6.31. The van der Waals surface area contributed by atoms with Gasteiger partial charge in [0, 0.05) is 18.1 Å². The fourth-order valence-electron chi connectivity index (χ4n) is 2.24. The van der Waals surface area contributed by atoms with Gasteiger partial charge in [-0.2, -0.15) is 0 Å². The fourth-order valence-corrected chi connectivity index (χ4v) is 2.50. The Morgan fingerprint density at radius 3 is 2.05 bits per heavy atom. The van der Waals surface area contributed by atoms with E-state index in [1.54, 1.807) is 0 Å². The first kappa shape index (κ1) is 18.5. The van der Waals surface area contributed by atoms with E-state index in [0.29, 0.717) is 6.54 Å². The van der Waals surface area contributed by atoms with E-state index in [1.807, 2.05) is 6.07 Å². The van der Waals surface area contributed by atoms with Crippen LogP contribution in [0, 0.1) is 11.8 Å². The highest BCUT2D eigenvalue weighted by atomic mass is 35.5. The SMILES string of the molecule is CC(C)CCN(CCC(C)C)Cc1ccc(CN)cc1Cl. The molecule has 0 aromatic heterocycles. The molecule has 0 saturated carbocycles. The topological polar surface area (TPSA) is 29.3 Å². The molecule has 3 heteroatoms. The van der Waals surface area contributed by atoms with Crippen molar-refractivity contribution >= 4 is 11.6 Å². The van der Waals surface area contributed by atoms with Gasteiger partial charge in [0.1, 0.15) is 0 Å². The number of nitrogens with two attached hydrogens (primary N) is 1. The molecule has 0 fully saturated rings. The Hall–Kier alpha value is -0.570. The average molecular weight is 311 g/mol. The van der Waals surface area contributed by atoms with E-state index < -0.39 is 0 Å². The van der Waals surface area contributed by atoms with Crippen LogP contribution >= 0.6 is 11.6 Å². The van der Waals surface area contributed by atoms with Crippen LogP contribution in [0.1, 0.15) is 51.7 Å². The quantitative estimate of drug-likeness (QED) is 0.716. The molecule has 21 heavy (non-hydrogen) atoms. The number of hydrogen-bond donors (Lipinski definition) is 1. The van der Waals surface area contributed by atoms with Gasteiger partial charge in [-0.3, -0.25) is 4.90 Å². The second-order valence-corrected chi connectivity index (χ2v) is 7.18. The predicted octanol–water partition coefficient (Wildman–Crippen LogP) is 4.69. The maximum atomic E-state index is 6.40. The Morgan fingerprint density at radius 1 is 1.05 bits per heavy atom. The van der Waals surface area contributed by atoms with E-state index in [9.17, 15) is 0 Å². The third-order valence-electron chi connectivity index (χ3n) is 3.79. The van der Waals surface area contributed by atoms with E-state index >= 15 is 0 Å². The minimum atomic E-state index is 0.546. The van der Waals surface area contributed by atoms with Gasteiger partial charge >= 0.3 is 0 Å². The third-order valence-corrected chi connectivity index (χ3v) is 4.14. The predicted molar refractivity (Wildman–Crippen MR) is 93.5 cm³/mol. The van der Waals surface area contributed by atoms with Gasteiger partial charge in [0.05, 0.1) is 0 Å². The average Bonchev–Trinajstić information content (AvgIpc) is 2.43. The lowest BCUT2D eigenvalue weighted by Crippen LogP contribution is -2.27. The molecule has 120 valence electrons. The summed E-state index contributed by atoms with van der Waals surface area (Å²) in [5, 5.41) is 0.844. The normalized spacial score (nSPS) is 11.9. The Kier molecular flexibility index (Phi) is 8.31. The molecule has 0 aliphatic carbocycles. The van der Waals surface area contributed by atoms with Crippen molar-refractivity contribution < 1.29 is 0 Å². The van der Waals surface area contributed by atoms with Gasteiger partial charge < -0.3 is 5.73 Å². The first-order valence-electron chi connectivity index (χ1n) is 8.12. The van der Waals surface area contributed by atoms with Crippen LogP contribution in [-0.2, 0) is 13.1 Å². The standard InChI is InChI=1S/C18H31ClN2/c1-14(2)7-9-21(10-8-15(3)4)13-17-6-5-16(12-20)11-18(17)19/h5-6,11,14-15H,7-10,12-13,20H2,1-4H3. The first-order chi connectivity index (χ1) is 9.92. The van der Waals surface area contributed by atoms with Crippen LogP contribution in [0.4, 0.5) is 0 Å². The zero-order chi connectivity index (χ0) is 15.8. The molecule has 2 nitrogen and oxygen atoms in total. The van der Waals surface area contributed by atoms with Gasteiger partial charge in [-0.25, -0.2) is 0 Å². The van der Waals surface area contributed by atoms with Gasteiger partial charge in [-0.05, 0) is 55.0 Å². The molecule has 0 aliphatic heterocycles. The van der Waals surface area contributed by atoms with Crippen molar-refractivity contribution in [1.29, 1.82) is 0 Å². The Labute approximate surface area is 135 Å². The summed E-state index contributed by atoms with van der Waals surface area (Å²) >= 11 is 6.40. The molecule has 0 bridgehead atoms. The van der Waals surface area contributed by atoms with Gasteiger partial charge in [-0.1, -0.05) is 51.4 Å². The first-order valence-corrected chi connectivity index (χ1v) is 8.49. The fraction of sp³-hybridized carbons (Fsp3) is 0.667. The van der Waals surface area contributed by atoms with Crippen molar-refractivity contribution in [2.24, 2.45) is 17.6 Å². The molecule has 1 rings (SSSR count). The third kappa shape index (κ3) is 7.30. The summed E-state index contributed by atoms with van der Waals surface area (Å²) in [5.74, 6) is 1.48. The number of rotatable bonds is 9. The summed E-state index contributed by atoms with van der Waals surface area (Å²) in [6.07, 6.45) is 2.47. The van der Waals surface area contributed by atoms with Crippen molar-refractivity contribution in [2.45, 2.75) is 53.6 Å². The van der Waals surface area contributed by atoms with Crippen LogP contribution in [0.2, 0.25) is 5.02 Å². The monoisotopic (exact) mass is 310 g/mol. The van der Waals surface area contributed by atoms with E-state index in [1.165, 1.54) is 18.4 Å². The van der Waals surface area contributed by atoms with E-state index in [0.717, 1.165) is 42.1 Å². The van der Waals surface area contributed by atoms with E-state index in [-0.39, 0.29) is 0 Å². The molecular weight excluding hydrogens is 280 g/mol. The van der Waals surface area contributed by atoms with E-state index in [4.69, 9.17) is 17.3 Å². The van der Waals surface area contributed by atoms with Crippen LogP contribution in [0.25, 0.3) is 0 Å². The summed E-state index contributed by atoms with van der Waals surface area (Å²) in [4.78, 5) is 2.53. The molecule has 0 atom stereocenters. The van der Waals surface area contributed by atoms with Crippen molar-refractivity contribution in [2.75, 3.05) is 13.1 Å². The maximum Gasteiger partial charge on any atom is 0.0454 e. The summed E-state index contributed by atoms with van der Waals surface area (Å²) in [7, 11) is 0. The number of benzene rings is 1. The minimum Gasteiger partial charge on any atom is -0.326 e. The molecular formula is C18H31ClN2. The molecule has 0 radical (unpaired) electrons. The lowest BCUT2D eigenvalue weighted by Gasteiger charge is -2.25. The molecule has 1 aromatic rings. The summed E-state index contributed by atoms with van der Waals surface area (Å²) in [6.45, 7) is 12.9. The Morgan fingerprint density at radius 2 is 1.62 bits per heavy atom. The second-order valence-electron chi connectivity index (χ2n) is 6.77. The van der Waals surface area contributed by atoms with Gasteiger partial charge in [0.15, 0.2) is 0 Å². The molecule has 0 heterocycles. The number of halogens is 1. The molecule has 0 aliphatic rings. The van der Waals surface area contributed by atoms with Crippen molar-refractivity contribution in [3.8, 4) is 0 Å². The highest BCUT2D eigenvalue weighted by Gasteiger charge is 2.10. The smallest absolute Gasteiger partial charge is 0.0454 e. The van der Waals surface area contributed by atoms with Crippen LogP contribution in [0.3, 0.4) is 0 Å². The van der Waals surface area contributed by atoms with Crippen LogP contribution in [-0.4, -0.2) is 18.0 Å². The Bertz CT molecular complexity index is 404. The second kappa shape index (κ2) is 9.45. The summed E-state index contributed by atoms with van der Waals surface area (Å²) in [6, 6.07) is 6.21. The molecule has 2 N–H and O–H groups in total. The zero-order valence-corrected chi connectivity index (χ0v) is 14.8. The number of hydrogen-bond acceptors (Lipinski definition) is 2.